The van der Waals surface area contributed by atoms with Crippen LogP contribution in [0.4, 0.5) is 0 Å². The zero-order valence-electron chi connectivity index (χ0n) is 45.0. The predicted octanol–water partition coefficient (Wildman–Crippen LogP) is 16.4. The summed E-state index contributed by atoms with van der Waals surface area (Å²) in [6.45, 7) is 6.72. The lowest BCUT2D eigenvalue weighted by atomic mass is 10.1. The number of unbranched alkanes of at least 4 members (excludes halogenated alkanes) is 18. The number of carbonyl (C=O) groups excluding carboxylic acids is 2. The third-order valence-electron chi connectivity index (χ3n) is 11.5. The highest BCUT2D eigenvalue weighted by Gasteiger charge is 2.30. The lowest BCUT2D eigenvalue weighted by Gasteiger charge is -2.27. The van der Waals surface area contributed by atoms with Gasteiger partial charge in [-0.3, -0.25) is 18.6 Å². The molecule has 0 rings (SSSR count). The normalized spacial score (nSPS) is 14.6. The molecule has 3 unspecified atom stereocenters. The van der Waals surface area contributed by atoms with E-state index in [0.29, 0.717) is 17.4 Å². The number of nitrogens with one attached hydrogen (secondary N) is 1. The Morgan fingerprint density at radius 3 is 1.42 bits per heavy atom. The molecule has 0 aliphatic carbocycles. The van der Waals surface area contributed by atoms with E-state index in [9.17, 15) is 19.0 Å². The number of ether oxygens (including phenoxy) is 1. The van der Waals surface area contributed by atoms with E-state index >= 15 is 0 Å². The Kier molecular flexibility index (Phi) is 46.4. The van der Waals surface area contributed by atoms with E-state index in [1.165, 1.54) is 70.6 Å². The standard InChI is InChI=1S/C59H103N2O7P/c1-7-10-13-16-19-22-25-28-30-31-32-33-36-39-42-45-48-51-58(62)60-56(55-67-69(64,65)66-54-53-61(4,5)6)57(50-47-44-41-38-35-27-24-21-18-15-12-9-3)68-59(63)52-49-46-43-40-37-34-29-26-23-20-17-14-11-8-2/h10-11,13-14,19-20,22-23,28,30,32-33,39,42,47,50,56-57H,7-9,12,15-18,21,24-27,29,31,34-38,40-41,43-46,48-49,51-55H2,1-6H3,(H-,60,62,64,65)/p+1/b13-10-,14-11+,22-19-,23-20+,30-28-,33-32-,42-39-,50-47+. The summed E-state index contributed by atoms with van der Waals surface area (Å²) in [5.74, 6) is -0.591. The number of phosphoric acid groups is 1. The molecule has 10 heteroatoms. The van der Waals surface area contributed by atoms with Gasteiger partial charge in [0.15, 0.2) is 0 Å². The molecular formula is C59H104N2O7P+. The Hall–Kier alpha value is -3.07. The van der Waals surface area contributed by atoms with Crippen LogP contribution < -0.4 is 5.32 Å². The summed E-state index contributed by atoms with van der Waals surface area (Å²) >= 11 is 0. The van der Waals surface area contributed by atoms with Crippen LogP contribution in [0, 0.1) is 0 Å². The monoisotopic (exact) mass is 984 g/mol. The minimum atomic E-state index is -4.46. The van der Waals surface area contributed by atoms with E-state index in [0.717, 1.165) is 103 Å². The Morgan fingerprint density at radius 2 is 0.942 bits per heavy atom. The number of amides is 1. The molecule has 0 aromatic heterocycles. The van der Waals surface area contributed by atoms with Crippen LogP contribution in [0.3, 0.4) is 0 Å². The number of esters is 1. The zero-order valence-corrected chi connectivity index (χ0v) is 45.9. The number of nitrogens with zero attached hydrogens (tertiary/aromatic N) is 1. The van der Waals surface area contributed by atoms with Crippen molar-refractivity contribution in [1.29, 1.82) is 0 Å². The average Bonchev–Trinajstić information content (AvgIpc) is 3.31. The van der Waals surface area contributed by atoms with Gasteiger partial charge in [0.05, 0.1) is 33.8 Å². The number of carbonyl (C=O) groups is 2. The van der Waals surface area contributed by atoms with Crippen molar-refractivity contribution in [1.82, 2.24) is 5.32 Å². The van der Waals surface area contributed by atoms with E-state index in [-0.39, 0.29) is 37.9 Å². The van der Waals surface area contributed by atoms with Crippen molar-refractivity contribution in [2.24, 2.45) is 0 Å². The number of phosphoric ester groups is 1. The minimum absolute atomic E-state index is 0.0236. The second-order valence-corrected chi connectivity index (χ2v) is 20.8. The van der Waals surface area contributed by atoms with E-state index in [1.54, 1.807) is 0 Å². The van der Waals surface area contributed by atoms with Crippen LogP contribution in [0.25, 0.3) is 0 Å². The van der Waals surface area contributed by atoms with Gasteiger partial charge in [-0.25, -0.2) is 4.57 Å². The summed E-state index contributed by atoms with van der Waals surface area (Å²) in [5.41, 5.74) is 0. The first kappa shape index (κ1) is 65.9. The topological polar surface area (TPSA) is 111 Å². The van der Waals surface area contributed by atoms with Gasteiger partial charge in [0.1, 0.15) is 19.3 Å². The van der Waals surface area contributed by atoms with E-state index in [2.05, 4.69) is 111 Å². The van der Waals surface area contributed by atoms with Gasteiger partial charge in [-0.1, -0.05) is 202 Å². The average molecular weight is 984 g/mol. The zero-order chi connectivity index (χ0) is 50.8. The van der Waals surface area contributed by atoms with Gasteiger partial charge in [-0.05, 0) is 96.0 Å². The van der Waals surface area contributed by atoms with E-state index in [4.69, 9.17) is 13.8 Å². The van der Waals surface area contributed by atoms with Crippen LogP contribution in [0.5, 0.6) is 0 Å². The smallest absolute Gasteiger partial charge is 0.456 e. The van der Waals surface area contributed by atoms with Crippen LogP contribution >= 0.6 is 7.82 Å². The summed E-state index contributed by atoms with van der Waals surface area (Å²) in [6, 6.07) is -0.885. The number of quaternary nitrogens is 1. The Morgan fingerprint density at radius 1 is 0.522 bits per heavy atom. The molecule has 0 aliphatic heterocycles. The quantitative estimate of drug-likeness (QED) is 0.0205. The molecule has 2 N–H and O–H groups in total. The van der Waals surface area contributed by atoms with Gasteiger partial charge in [0.25, 0.3) is 0 Å². The molecule has 0 aliphatic rings. The van der Waals surface area contributed by atoms with Gasteiger partial charge in [0.2, 0.25) is 5.91 Å². The molecule has 0 aromatic carbocycles. The lowest BCUT2D eigenvalue weighted by molar-refractivity contribution is -0.870. The van der Waals surface area contributed by atoms with Crippen LogP contribution in [0.15, 0.2) is 97.2 Å². The molecule has 0 fully saturated rings. The SMILES string of the molecule is CC/C=C\C/C=C\C/C=C\C/C=C\C/C=C\CCCC(=O)NC(COP(=O)(O)OCC[N+](C)(C)C)C(/C=C/CCCCCCCCCCCC)OC(=O)CCCCCCCCC/C=C/C/C=C/CC. The van der Waals surface area contributed by atoms with Crippen molar-refractivity contribution in [3.05, 3.63) is 97.2 Å². The van der Waals surface area contributed by atoms with Crippen molar-refractivity contribution in [2.75, 3.05) is 40.9 Å². The third-order valence-corrected chi connectivity index (χ3v) is 12.5. The first-order valence-corrected chi connectivity index (χ1v) is 29.1. The molecule has 69 heavy (non-hydrogen) atoms. The number of hydrogen-bond donors (Lipinski definition) is 2. The van der Waals surface area contributed by atoms with E-state index < -0.39 is 20.0 Å². The van der Waals surface area contributed by atoms with Crippen molar-refractivity contribution in [3.8, 4) is 0 Å². The van der Waals surface area contributed by atoms with E-state index in [1.807, 2.05) is 33.3 Å². The first-order chi connectivity index (χ1) is 33.4. The Labute approximate surface area is 424 Å². The molecule has 0 heterocycles. The number of hydrogen-bond acceptors (Lipinski definition) is 6. The summed E-state index contributed by atoms with van der Waals surface area (Å²) in [7, 11) is 1.44. The van der Waals surface area contributed by atoms with Gasteiger partial charge in [-0.2, -0.15) is 0 Å². The molecule has 3 atom stereocenters. The maximum absolute atomic E-state index is 13.5. The second kappa shape index (κ2) is 48.6. The first-order valence-electron chi connectivity index (χ1n) is 27.6. The van der Waals surface area contributed by atoms with Crippen molar-refractivity contribution >= 4 is 19.7 Å². The van der Waals surface area contributed by atoms with Crippen LogP contribution in [0.2, 0.25) is 0 Å². The predicted molar refractivity (Wildman–Crippen MR) is 295 cm³/mol. The van der Waals surface area contributed by atoms with Crippen molar-refractivity contribution in [3.63, 3.8) is 0 Å². The van der Waals surface area contributed by atoms with Gasteiger partial charge in [0, 0.05) is 12.8 Å². The van der Waals surface area contributed by atoms with Crippen LogP contribution in [-0.4, -0.2) is 74.3 Å². The molecule has 0 saturated heterocycles. The minimum Gasteiger partial charge on any atom is -0.456 e. The fraction of sp³-hybridized carbons (Fsp3) is 0.695. The molecular weight excluding hydrogens is 880 g/mol. The maximum atomic E-state index is 13.5. The fourth-order valence-electron chi connectivity index (χ4n) is 7.31. The lowest BCUT2D eigenvalue weighted by Crippen LogP contribution is -2.47. The highest BCUT2D eigenvalue weighted by Crippen LogP contribution is 2.43. The maximum Gasteiger partial charge on any atom is 0.472 e. The summed E-state index contributed by atoms with van der Waals surface area (Å²) in [6.07, 6.45) is 64.1. The number of rotatable bonds is 48. The molecule has 9 nitrogen and oxygen atoms in total. The van der Waals surface area contributed by atoms with Crippen molar-refractivity contribution < 1.29 is 37.3 Å². The molecule has 396 valence electrons. The molecule has 0 radical (unpaired) electrons. The molecule has 0 aromatic rings. The Bertz CT molecular complexity index is 1510. The highest BCUT2D eigenvalue weighted by molar-refractivity contribution is 7.47. The molecule has 1 amide bonds. The summed E-state index contributed by atoms with van der Waals surface area (Å²) in [5, 5.41) is 3.00. The number of allylic oxidation sites excluding steroid dienone is 15. The molecule has 0 bridgehead atoms. The summed E-state index contributed by atoms with van der Waals surface area (Å²) in [4.78, 5) is 37.5. The molecule has 0 saturated carbocycles. The molecule has 0 spiro atoms. The van der Waals surface area contributed by atoms with Crippen LogP contribution in [0.1, 0.15) is 213 Å². The van der Waals surface area contributed by atoms with Crippen molar-refractivity contribution in [2.45, 2.75) is 226 Å². The highest BCUT2D eigenvalue weighted by atomic mass is 31.2. The second-order valence-electron chi connectivity index (χ2n) is 19.3. The third kappa shape index (κ3) is 49.7. The van der Waals surface area contributed by atoms with Crippen LogP contribution in [-0.2, 0) is 27.9 Å². The van der Waals surface area contributed by atoms with Gasteiger partial charge >= 0.3 is 13.8 Å². The fourth-order valence-corrected chi connectivity index (χ4v) is 8.04. The Balaban J connectivity index is 5.50. The largest absolute Gasteiger partial charge is 0.472 e. The summed E-state index contributed by atoms with van der Waals surface area (Å²) < 4.78 is 30.5. The number of likely N-dealkylation sites (N-methyl/N-ethyl adjacent to an activating group) is 1. The van der Waals surface area contributed by atoms with Gasteiger partial charge in [-0.15, -0.1) is 0 Å². The van der Waals surface area contributed by atoms with Gasteiger partial charge < -0.3 is 19.4 Å².